The van der Waals surface area contributed by atoms with Crippen molar-refractivity contribution in [3.8, 4) is 0 Å². The maximum atomic E-state index is 10.6. The second-order valence-corrected chi connectivity index (χ2v) is 3.74. The zero-order chi connectivity index (χ0) is 9.80. The third-order valence-electron chi connectivity index (χ3n) is 2.68. The first kappa shape index (κ1) is 9.40. The van der Waals surface area contributed by atoms with Crippen LogP contribution < -0.4 is 5.32 Å². The van der Waals surface area contributed by atoms with Gasteiger partial charge in [-0.05, 0) is 31.8 Å². The molecule has 0 aliphatic carbocycles. The van der Waals surface area contributed by atoms with Crippen molar-refractivity contribution < 1.29 is 9.32 Å². The molecule has 1 atom stereocenters. The van der Waals surface area contributed by atoms with E-state index in [1.165, 1.54) is 19.0 Å². The summed E-state index contributed by atoms with van der Waals surface area (Å²) in [7, 11) is 0. The maximum absolute atomic E-state index is 10.6. The predicted molar refractivity (Wildman–Crippen MR) is 51.2 cm³/mol. The molecule has 2 rings (SSSR count). The Morgan fingerprint density at radius 2 is 2.64 bits per heavy atom. The van der Waals surface area contributed by atoms with Gasteiger partial charge in [0.15, 0.2) is 6.29 Å². The van der Waals surface area contributed by atoms with Gasteiger partial charge < -0.3 is 9.84 Å². The summed E-state index contributed by atoms with van der Waals surface area (Å²) in [6, 6.07) is 0. The minimum Gasteiger partial charge on any atom is -0.361 e. The Balaban J connectivity index is 1.98. The highest BCUT2D eigenvalue weighted by Gasteiger charge is 2.17. The van der Waals surface area contributed by atoms with Crippen LogP contribution in [0.3, 0.4) is 0 Å². The summed E-state index contributed by atoms with van der Waals surface area (Å²) < 4.78 is 5.05. The largest absolute Gasteiger partial charge is 0.361 e. The second-order valence-electron chi connectivity index (χ2n) is 3.74. The van der Waals surface area contributed by atoms with Crippen LogP contribution in [0.4, 0.5) is 0 Å². The number of piperidine rings is 1. The quantitative estimate of drug-likeness (QED) is 0.730. The third kappa shape index (κ3) is 2.01. The summed E-state index contributed by atoms with van der Waals surface area (Å²) in [6.07, 6.45) is 5.52. The lowest BCUT2D eigenvalue weighted by atomic mass is 9.94. The smallest absolute Gasteiger partial charge is 0.155 e. The number of nitrogens with one attached hydrogen (secondary N) is 1. The fraction of sp³-hybridized carbons (Fsp3) is 0.600. The molecule has 4 heteroatoms. The van der Waals surface area contributed by atoms with Crippen molar-refractivity contribution in [3.63, 3.8) is 0 Å². The number of carbonyl (C=O) groups is 1. The molecular weight excluding hydrogens is 180 g/mol. The zero-order valence-corrected chi connectivity index (χ0v) is 8.03. The summed E-state index contributed by atoms with van der Waals surface area (Å²) in [4.78, 5) is 10.6. The van der Waals surface area contributed by atoms with Crippen molar-refractivity contribution >= 4 is 6.29 Å². The van der Waals surface area contributed by atoms with Gasteiger partial charge in [-0.2, -0.15) is 0 Å². The lowest BCUT2D eigenvalue weighted by Crippen LogP contribution is -2.30. The van der Waals surface area contributed by atoms with E-state index in [1.807, 2.05) is 0 Å². The molecule has 0 amide bonds. The van der Waals surface area contributed by atoms with Gasteiger partial charge in [-0.3, -0.25) is 4.79 Å². The molecule has 0 radical (unpaired) electrons. The van der Waals surface area contributed by atoms with Gasteiger partial charge in [-0.15, -0.1) is 0 Å². The molecule has 1 unspecified atom stereocenters. The Labute approximate surface area is 82.7 Å². The van der Waals surface area contributed by atoms with Crippen molar-refractivity contribution in [2.75, 3.05) is 13.1 Å². The second kappa shape index (κ2) is 4.37. The molecule has 1 aromatic rings. The van der Waals surface area contributed by atoms with E-state index in [2.05, 4.69) is 10.5 Å². The van der Waals surface area contributed by atoms with E-state index >= 15 is 0 Å². The Bertz CT molecular complexity index is 303. The van der Waals surface area contributed by atoms with Gasteiger partial charge in [-0.25, -0.2) is 0 Å². The summed E-state index contributed by atoms with van der Waals surface area (Å²) in [5, 5.41) is 6.97. The third-order valence-corrected chi connectivity index (χ3v) is 2.68. The van der Waals surface area contributed by atoms with Gasteiger partial charge in [0.1, 0.15) is 5.76 Å². The van der Waals surface area contributed by atoms with Gasteiger partial charge >= 0.3 is 0 Å². The van der Waals surface area contributed by atoms with Gasteiger partial charge in [0.2, 0.25) is 0 Å². The van der Waals surface area contributed by atoms with Gasteiger partial charge in [-0.1, -0.05) is 5.16 Å². The number of aromatic nitrogens is 1. The van der Waals surface area contributed by atoms with Crippen LogP contribution in [0.25, 0.3) is 0 Å². The van der Waals surface area contributed by atoms with Crippen molar-refractivity contribution in [2.45, 2.75) is 19.3 Å². The van der Waals surface area contributed by atoms with Crippen molar-refractivity contribution in [1.29, 1.82) is 0 Å². The summed E-state index contributed by atoms with van der Waals surface area (Å²) >= 11 is 0. The van der Waals surface area contributed by atoms with Crippen LogP contribution in [-0.4, -0.2) is 24.5 Å². The molecule has 1 aromatic heterocycles. The minimum atomic E-state index is 0.579. The van der Waals surface area contributed by atoms with Crippen LogP contribution in [0, 0.1) is 5.92 Å². The van der Waals surface area contributed by atoms with E-state index in [4.69, 9.17) is 4.52 Å². The van der Waals surface area contributed by atoms with E-state index in [9.17, 15) is 4.79 Å². The highest BCUT2D eigenvalue weighted by atomic mass is 16.5. The monoisotopic (exact) mass is 194 g/mol. The van der Waals surface area contributed by atoms with E-state index in [-0.39, 0.29) is 0 Å². The molecular formula is C10H14N2O2. The number of carbonyl (C=O) groups excluding carboxylic acids is 1. The van der Waals surface area contributed by atoms with Gasteiger partial charge in [0.05, 0.1) is 11.8 Å². The van der Waals surface area contributed by atoms with E-state index < -0.39 is 0 Å². The first-order valence-electron chi connectivity index (χ1n) is 4.99. The maximum Gasteiger partial charge on any atom is 0.155 e. The number of hydrogen-bond donors (Lipinski definition) is 1. The molecule has 1 saturated heterocycles. The number of hydrogen-bond acceptors (Lipinski definition) is 4. The molecule has 1 aliphatic heterocycles. The van der Waals surface area contributed by atoms with Crippen LogP contribution in [-0.2, 0) is 6.42 Å². The van der Waals surface area contributed by atoms with Crippen LogP contribution in [0.2, 0.25) is 0 Å². The number of rotatable bonds is 3. The standard InChI is InChI=1S/C10H14N2O2/c13-7-9-6-12-14-10(9)4-8-2-1-3-11-5-8/h6-8,11H,1-5H2. The minimum absolute atomic E-state index is 0.579. The fourth-order valence-corrected chi connectivity index (χ4v) is 1.88. The molecule has 14 heavy (non-hydrogen) atoms. The van der Waals surface area contributed by atoms with Crippen LogP contribution >= 0.6 is 0 Å². The molecule has 0 spiro atoms. The molecule has 0 aromatic carbocycles. The first-order valence-corrected chi connectivity index (χ1v) is 4.99. The van der Waals surface area contributed by atoms with E-state index in [0.29, 0.717) is 11.5 Å². The van der Waals surface area contributed by atoms with Crippen LogP contribution in [0.1, 0.15) is 29.0 Å². The van der Waals surface area contributed by atoms with Crippen molar-refractivity contribution in [2.24, 2.45) is 5.92 Å². The average molecular weight is 194 g/mol. The Morgan fingerprint density at radius 3 is 3.36 bits per heavy atom. The SMILES string of the molecule is O=Cc1cnoc1CC1CCCNC1. The lowest BCUT2D eigenvalue weighted by Gasteiger charge is -2.21. The molecule has 0 saturated carbocycles. The Kier molecular flexibility index (Phi) is 2.93. The zero-order valence-electron chi connectivity index (χ0n) is 8.03. The lowest BCUT2D eigenvalue weighted by molar-refractivity contribution is 0.112. The molecule has 0 bridgehead atoms. The summed E-state index contributed by atoms with van der Waals surface area (Å²) in [5.41, 5.74) is 0.593. The number of nitrogens with zero attached hydrogens (tertiary/aromatic N) is 1. The van der Waals surface area contributed by atoms with E-state index in [0.717, 1.165) is 31.6 Å². The molecule has 1 N–H and O–H groups in total. The summed E-state index contributed by atoms with van der Waals surface area (Å²) in [5.74, 6) is 1.31. The molecule has 76 valence electrons. The highest BCUT2D eigenvalue weighted by molar-refractivity contribution is 5.75. The van der Waals surface area contributed by atoms with Crippen LogP contribution in [0.15, 0.2) is 10.7 Å². The normalized spacial score (nSPS) is 22.1. The molecule has 4 nitrogen and oxygen atoms in total. The first-order chi connectivity index (χ1) is 6.90. The van der Waals surface area contributed by atoms with Crippen molar-refractivity contribution in [1.82, 2.24) is 10.5 Å². The van der Waals surface area contributed by atoms with Gasteiger partial charge in [0, 0.05) is 6.42 Å². The number of aldehydes is 1. The van der Waals surface area contributed by atoms with Crippen molar-refractivity contribution in [3.05, 3.63) is 17.5 Å². The van der Waals surface area contributed by atoms with Crippen LogP contribution in [0.5, 0.6) is 0 Å². The predicted octanol–water partition coefficient (Wildman–Crippen LogP) is 1.03. The molecule has 1 fully saturated rings. The van der Waals surface area contributed by atoms with E-state index in [1.54, 1.807) is 0 Å². The topological polar surface area (TPSA) is 55.1 Å². The van der Waals surface area contributed by atoms with Gasteiger partial charge in [0.25, 0.3) is 0 Å². The fourth-order valence-electron chi connectivity index (χ4n) is 1.88. The summed E-state index contributed by atoms with van der Waals surface area (Å²) in [6.45, 7) is 2.12. The Morgan fingerprint density at radius 1 is 1.71 bits per heavy atom. The molecule has 2 heterocycles. The average Bonchev–Trinajstić information content (AvgIpc) is 2.67. The highest BCUT2D eigenvalue weighted by Crippen LogP contribution is 2.17. The Hall–Kier alpha value is -1.16. The molecule has 1 aliphatic rings.